The number of rotatable bonds is 2. The molecule has 0 saturated carbocycles. The molecule has 0 amide bonds. The highest BCUT2D eigenvalue weighted by Gasteiger charge is 2.11. The Morgan fingerprint density at radius 3 is 3.00 bits per heavy atom. The fraction of sp³-hybridized carbons (Fsp3) is 0. The summed E-state index contributed by atoms with van der Waals surface area (Å²) in [7, 11) is 0. The van der Waals surface area contributed by atoms with E-state index in [2.05, 4.69) is 9.97 Å². The van der Waals surface area contributed by atoms with Crippen LogP contribution in [0, 0.1) is 0 Å². The predicted molar refractivity (Wildman–Crippen MR) is 63.8 cm³/mol. The fourth-order valence-electron chi connectivity index (χ4n) is 1.03. The zero-order valence-corrected chi connectivity index (χ0v) is 9.60. The van der Waals surface area contributed by atoms with Crippen LogP contribution in [0.5, 0.6) is 0 Å². The summed E-state index contributed by atoms with van der Waals surface area (Å²) in [6.07, 6.45) is 0. The van der Waals surface area contributed by atoms with E-state index in [1.54, 1.807) is 12.1 Å². The topological polar surface area (TPSA) is 88.8 Å². The molecule has 0 fully saturated rings. The highest BCUT2D eigenvalue weighted by Crippen LogP contribution is 2.21. The molecule has 0 aliphatic heterocycles. The maximum absolute atomic E-state index is 11.7. The summed E-state index contributed by atoms with van der Waals surface area (Å²) in [4.78, 5) is 29.7. The first-order chi connectivity index (χ1) is 7.65. The molecule has 0 radical (unpaired) electrons. The Morgan fingerprint density at radius 1 is 1.56 bits per heavy atom. The number of aromatic nitrogens is 2. The largest absolute Gasteiger partial charge is 0.383 e. The standard InChI is InChI=1S/C9H7N3O2S2/c10-6-4-7(13)12-9(11-6)16-8(14)5-2-1-3-15-5/h1-4H,(H3,10,11,12,13). The quantitative estimate of drug-likeness (QED) is 0.623. The van der Waals surface area contributed by atoms with Crippen LogP contribution < -0.4 is 11.3 Å². The molecule has 2 aromatic rings. The molecule has 0 aromatic carbocycles. The van der Waals surface area contributed by atoms with Crippen LogP contribution in [0.4, 0.5) is 5.82 Å². The van der Waals surface area contributed by atoms with E-state index in [0.717, 1.165) is 11.8 Å². The number of anilines is 1. The molecule has 0 spiro atoms. The lowest BCUT2D eigenvalue weighted by Crippen LogP contribution is -2.10. The van der Waals surface area contributed by atoms with Gasteiger partial charge in [-0.05, 0) is 23.2 Å². The van der Waals surface area contributed by atoms with E-state index >= 15 is 0 Å². The van der Waals surface area contributed by atoms with Crippen molar-refractivity contribution in [3.8, 4) is 0 Å². The van der Waals surface area contributed by atoms with Gasteiger partial charge >= 0.3 is 0 Å². The number of nitrogens with one attached hydrogen (secondary N) is 1. The van der Waals surface area contributed by atoms with Crippen molar-refractivity contribution in [3.05, 3.63) is 38.8 Å². The molecule has 5 nitrogen and oxygen atoms in total. The van der Waals surface area contributed by atoms with E-state index in [1.165, 1.54) is 17.4 Å². The van der Waals surface area contributed by atoms with Crippen molar-refractivity contribution >= 4 is 34.0 Å². The molecule has 82 valence electrons. The van der Waals surface area contributed by atoms with E-state index in [9.17, 15) is 9.59 Å². The van der Waals surface area contributed by atoms with Gasteiger partial charge in [0, 0.05) is 6.07 Å². The van der Waals surface area contributed by atoms with Crippen molar-refractivity contribution in [2.45, 2.75) is 5.16 Å². The maximum atomic E-state index is 11.7. The molecular weight excluding hydrogens is 246 g/mol. The van der Waals surface area contributed by atoms with Gasteiger partial charge in [0.1, 0.15) is 5.82 Å². The average molecular weight is 253 g/mol. The van der Waals surface area contributed by atoms with Gasteiger partial charge in [-0.3, -0.25) is 9.59 Å². The summed E-state index contributed by atoms with van der Waals surface area (Å²) in [6.45, 7) is 0. The Hall–Kier alpha value is -1.60. The summed E-state index contributed by atoms with van der Waals surface area (Å²) in [6, 6.07) is 4.66. The first kappa shape index (κ1) is 10.9. The number of nitrogens with two attached hydrogens (primary N) is 1. The smallest absolute Gasteiger partial charge is 0.253 e. The molecular formula is C9H7N3O2S2. The second kappa shape index (κ2) is 4.50. The summed E-state index contributed by atoms with van der Waals surface area (Å²) in [5.41, 5.74) is 5.03. The SMILES string of the molecule is Nc1cc(=O)[nH]c(SC(=O)c2cccs2)n1. The van der Waals surface area contributed by atoms with Crippen molar-refractivity contribution in [2.75, 3.05) is 5.73 Å². The molecule has 0 unspecified atom stereocenters. The number of hydrogen-bond donors (Lipinski definition) is 2. The van der Waals surface area contributed by atoms with Gasteiger partial charge in [0.25, 0.3) is 5.56 Å². The van der Waals surface area contributed by atoms with Gasteiger partial charge < -0.3 is 10.7 Å². The second-order valence-electron chi connectivity index (χ2n) is 2.84. The van der Waals surface area contributed by atoms with Crippen LogP contribution in [0.1, 0.15) is 9.67 Å². The zero-order valence-electron chi connectivity index (χ0n) is 7.97. The Kier molecular flexibility index (Phi) is 3.07. The van der Waals surface area contributed by atoms with Gasteiger partial charge in [-0.25, -0.2) is 4.98 Å². The van der Waals surface area contributed by atoms with Crippen LogP contribution in [-0.2, 0) is 0 Å². The number of H-pyrrole nitrogens is 1. The molecule has 0 saturated heterocycles. The van der Waals surface area contributed by atoms with E-state index < -0.39 is 0 Å². The number of aromatic amines is 1. The fourth-order valence-corrected chi connectivity index (χ4v) is 2.51. The monoisotopic (exact) mass is 253 g/mol. The minimum Gasteiger partial charge on any atom is -0.383 e. The molecule has 7 heteroatoms. The molecule has 2 heterocycles. The van der Waals surface area contributed by atoms with Crippen LogP contribution in [0.2, 0.25) is 0 Å². The van der Waals surface area contributed by atoms with Crippen LogP contribution >= 0.6 is 23.1 Å². The summed E-state index contributed by atoms with van der Waals surface area (Å²) in [5, 5.41) is 1.86. The number of thiophene rings is 1. The maximum Gasteiger partial charge on any atom is 0.253 e. The van der Waals surface area contributed by atoms with Gasteiger partial charge in [0.2, 0.25) is 5.12 Å². The summed E-state index contributed by atoms with van der Waals surface area (Å²) in [5.74, 6) is 0.102. The van der Waals surface area contributed by atoms with E-state index in [-0.39, 0.29) is 21.6 Å². The third-order valence-electron chi connectivity index (χ3n) is 1.65. The van der Waals surface area contributed by atoms with Gasteiger partial charge in [-0.1, -0.05) is 6.07 Å². The Labute approximate surface area is 98.7 Å². The third kappa shape index (κ3) is 2.50. The Balaban J connectivity index is 2.21. The first-order valence-corrected chi connectivity index (χ1v) is 5.97. The number of hydrogen-bond acceptors (Lipinski definition) is 6. The minimum atomic E-state index is -0.367. The molecule has 3 N–H and O–H groups in total. The van der Waals surface area contributed by atoms with Crippen LogP contribution in [0.3, 0.4) is 0 Å². The van der Waals surface area contributed by atoms with Gasteiger partial charge in [0.05, 0.1) is 4.88 Å². The van der Waals surface area contributed by atoms with Crippen molar-refractivity contribution in [2.24, 2.45) is 0 Å². The van der Waals surface area contributed by atoms with Crippen LogP contribution in [-0.4, -0.2) is 15.1 Å². The lowest BCUT2D eigenvalue weighted by atomic mass is 10.5. The summed E-state index contributed by atoms with van der Waals surface area (Å²) >= 11 is 2.19. The highest BCUT2D eigenvalue weighted by molar-refractivity contribution is 8.14. The van der Waals surface area contributed by atoms with Crippen molar-refractivity contribution in [1.82, 2.24) is 9.97 Å². The summed E-state index contributed by atoms with van der Waals surface area (Å²) < 4.78 is 0. The number of carbonyl (C=O) groups excluding carboxylic acids is 1. The second-order valence-corrected chi connectivity index (χ2v) is 4.75. The molecule has 0 atom stereocenters. The molecule has 2 aromatic heterocycles. The third-order valence-corrected chi connectivity index (χ3v) is 3.44. The van der Waals surface area contributed by atoms with Crippen molar-refractivity contribution in [1.29, 1.82) is 0 Å². The van der Waals surface area contributed by atoms with Gasteiger partial charge in [-0.2, -0.15) is 0 Å². The molecule has 0 bridgehead atoms. The van der Waals surface area contributed by atoms with E-state index in [4.69, 9.17) is 5.73 Å². The van der Waals surface area contributed by atoms with Crippen LogP contribution in [0.25, 0.3) is 0 Å². The Morgan fingerprint density at radius 2 is 2.38 bits per heavy atom. The van der Waals surface area contributed by atoms with E-state index in [0.29, 0.717) is 4.88 Å². The minimum absolute atomic E-state index is 0.102. The molecule has 0 aliphatic carbocycles. The van der Waals surface area contributed by atoms with Crippen LogP contribution in [0.15, 0.2) is 33.5 Å². The highest BCUT2D eigenvalue weighted by atomic mass is 32.2. The lowest BCUT2D eigenvalue weighted by Gasteiger charge is -1.98. The first-order valence-electron chi connectivity index (χ1n) is 4.27. The molecule has 2 rings (SSSR count). The van der Waals surface area contributed by atoms with Crippen molar-refractivity contribution < 1.29 is 4.79 Å². The average Bonchev–Trinajstić information content (AvgIpc) is 2.68. The van der Waals surface area contributed by atoms with E-state index in [1.807, 2.05) is 5.38 Å². The number of thioether (sulfide) groups is 1. The van der Waals surface area contributed by atoms with Gasteiger partial charge in [0.15, 0.2) is 5.16 Å². The molecule has 0 aliphatic rings. The normalized spacial score (nSPS) is 10.2. The number of nitrogens with zero attached hydrogens (tertiary/aromatic N) is 1. The number of carbonyl (C=O) groups is 1. The predicted octanol–water partition coefficient (Wildman–Crippen LogP) is 1.35. The Bertz CT molecular complexity index is 562. The van der Waals surface area contributed by atoms with Crippen molar-refractivity contribution in [3.63, 3.8) is 0 Å². The number of nitrogen functional groups attached to an aromatic ring is 1. The molecule has 16 heavy (non-hydrogen) atoms. The lowest BCUT2D eigenvalue weighted by molar-refractivity contribution is 0.109. The zero-order chi connectivity index (χ0) is 11.5. The van der Waals surface area contributed by atoms with Gasteiger partial charge in [-0.15, -0.1) is 11.3 Å².